The first-order valence-corrected chi connectivity index (χ1v) is 4.14. The van der Waals surface area contributed by atoms with E-state index in [2.05, 4.69) is 21.4 Å². The molecule has 1 aliphatic rings. The minimum Gasteiger partial charge on any atom is -0.312 e. The van der Waals surface area contributed by atoms with Gasteiger partial charge < -0.3 is 5.32 Å². The van der Waals surface area contributed by atoms with Crippen LogP contribution in [-0.4, -0.2) is 23.1 Å². The van der Waals surface area contributed by atoms with Crippen LogP contribution in [0.2, 0.25) is 0 Å². The normalized spacial score (nSPS) is 15.8. The van der Waals surface area contributed by atoms with Crippen molar-refractivity contribution in [2.75, 3.05) is 13.1 Å². The summed E-state index contributed by atoms with van der Waals surface area (Å²) in [6, 6.07) is 1.83. The molecule has 1 aromatic heterocycles. The van der Waals surface area contributed by atoms with Crippen LogP contribution in [-0.2, 0) is 0 Å². The second-order valence-electron chi connectivity index (χ2n) is 2.77. The van der Waals surface area contributed by atoms with Gasteiger partial charge in [0.05, 0.1) is 0 Å². The number of nitrogens with one attached hydrogen (secondary N) is 1. The van der Waals surface area contributed by atoms with Crippen molar-refractivity contribution in [3.8, 4) is 0 Å². The molecule has 0 amide bonds. The summed E-state index contributed by atoms with van der Waals surface area (Å²) < 4.78 is 0. The lowest BCUT2D eigenvalue weighted by Gasteiger charge is -2.12. The lowest BCUT2D eigenvalue weighted by Crippen LogP contribution is -2.22. The average Bonchev–Trinajstić information content (AvgIpc) is 2.21. The second kappa shape index (κ2) is 4.94. The highest BCUT2D eigenvalue weighted by molar-refractivity contribution is 5.85. The van der Waals surface area contributed by atoms with Gasteiger partial charge in [-0.2, -0.15) is 0 Å². The number of rotatable bonds is 1. The van der Waals surface area contributed by atoms with E-state index >= 15 is 0 Å². The van der Waals surface area contributed by atoms with E-state index in [-0.39, 0.29) is 12.4 Å². The van der Waals surface area contributed by atoms with Crippen molar-refractivity contribution in [2.24, 2.45) is 0 Å². The lowest BCUT2D eigenvalue weighted by molar-refractivity contribution is 0.734. The summed E-state index contributed by atoms with van der Waals surface area (Å²) >= 11 is 0. The SMILES string of the molecule is C1=C(c2ncccn2)CNCC1.Cl. The molecule has 1 aliphatic heterocycles. The predicted molar refractivity (Wildman–Crippen MR) is 54.7 cm³/mol. The van der Waals surface area contributed by atoms with Crippen molar-refractivity contribution in [1.29, 1.82) is 0 Å². The van der Waals surface area contributed by atoms with E-state index in [1.54, 1.807) is 12.4 Å². The molecule has 4 heteroatoms. The molecule has 0 fully saturated rings. The molecule has 0 atom stereocenters. The van der Waals surface area contributed by atoms with Crippen molar-refractivity contribution >= 4 is 18.0 Å². The van der Waals surface area contributed by atoms with Crippen LogP contribution in [0.4, 0.5) is 0 Å². The van der Waals surface area contributed by atoms with Gasteiger partial charge in [0, 0.05) is 24.5 Å². The zero-order valence-electron chi connectivity index (χ0n) is 7.23. The maximum Gasteiger partial charge on any atom is 0.155 e. The Balaban J connectivity index is 0.000000845. The van der Waals surface area contributed by atoms with Crippen molar-refractivity contribution in [2.45, 2.75) is 6.42 Å². The van der Waals surface area contributed by atoms with Crippen LogP contribution >= 0.6 is 12.4 Å². The van der Waals surface area contributed by atoms with Gasteiger partial charge >= 0.3 is 0 Å². The van der Waals surface area contributed by atoms with Gasteiger partial charge in [-0.3, -0.25) is 0 Å². The highest BCUT2D eigenvalue weighted by atomic mass is 35.5. The van der Waals surface area contributed by atoms with Crippen LogP contribution < -0.4 is 5.32 Å². The van der Waals surface area contributed by atoms with Crippen LogP contribution in [0.5, 0.6) is 0 Å². The zero-order valence-corrected chi connectivity index (χ0v) is 8.05. The van der Waals surface area contributed by atoms with Gasteiger partial charge in [0.25, 0.3) is 0 Å². The molecule has 0 bridgehead atoms. The zero-order chi connectivity index (χ0) is 8.23. The maximum atomic E-state index is 4.18. The minimum absolute atomic E-state index is 0. The molecule has 3 nitrogen and oxygen atoms in total. The van der Waals surface area contributed by atoms with E-state index in [1.165, 1.54) is 5.57 Å². The fourth-order valence-corrected chi connectivity index (χ4v) is 1.28. The first-order chi connectivity index (χ1) is 5.97. The summed E-state index contributed by atoms with van der Waals surface area (Å²) in [5, 5.41) is 3.29. The maximum absolute atomic E-state index is 4.18. The number of halogens is 1. The molecule has 1 aromatic rings. The minimum atomic E-state index is 0. The molecule has 0 aliphatic carbocycles. The number of hydrogen-bond acceptors (Lipinski definition) is 3. The molecule has 13 heavy (non-hydrogen) atoms. The monoisotopic (exact) mass is 197 g/mol. The molecule has 0 spiro atoms. The van der Waals surface area contributed by atoms with Crippen molar-refractivity contribution in [1.82, 2.24) is 15.3 Å². The summed E-state index contributed by atoms with van der Waals surface area (Å²) in [5.74, 6) is 0.852. The Hall–Kier alpha value is -0.930. The van der Waals surface area contributed by atoms with Crippen LogP contribution in [0.1, 0.15) is 12.2 Å². The van der Waals surface area contributed by atoms with Gasteiger partial charge in [-0.25, -0.2) is 9.97 Å². The molecule has 0 aromatic carbocycles. The van der Waals surface area contributed by atoms with E-state index in [9.17, 15) is 0 Å². The molecule has 70 valence electrons. The van der Waals surface area contributed by atoms with E-state index in [4.69, 9.17) is 0 Å². The Morgan fingerprint density at radius 2 is 2.00 bits per heavy atom. The highest BCUT2D eigenvalue weighted by Crippen LogP contribution is 2.10. The molecule has 1 N–H and O–H groups in total. The average molecular weight is 198 g/mol. The van der Waals surface area contributed by atoms with Gasteiger partial charge in [-0.1, -0.05) is 6.08 Å². The fourth-order valence-electron chi connectivity index (χ4n) is 1.28. The molecular weight excluding hydrogens is 186 g/mol. The third-order valence-electron chi connectivity index (χ3n) is 1.88. The summed E-state index contributed by atoms with van der Waals surface area (Å²) in [6.45, 7) is 1.96. The lowest BCUT2D eigenvalue weighted by atomic mass is 10.1. The van der Waals surface area contributed by atoms with Crippen LogP contribution in [0.3, 0.4) is 0 Å². The number of nitrogens with zero attached hydrogens (tertiary/aromatic N) is 2. The Kier molecular flexibility index (Phi) is 3.86. The quantitative estimate of drug-likeness (QED) is 0.737. The van der Waals surface area contributed by atoms with Gasteiger partial charge in [-0.05, 0) is 19.0 Å². The summed E-state index contributed by atoms with van der Waals surface area (Å²) in [7, 11) is 0. The van der Waals surface area contributed by atoms with E-state index in [1.807, 2.05) is 6.07 Å². The van der Waals surface area contributed by atoms with E-state index in [0.717, 1.165) is 25.3 Å². The largest absolute Gasteiger partial charge is 0.312 e. The Morgan fingerprint density at radius 3 is 2.62 bits per heavy atom. The fraction of sp³-hybridized carbons (Fsp3) is 0.333. The van der Waals surface area contributed by atoms with Gasteiger partial charge in [0.2, 0.25) is 0 Å². The molecular formula is C9H12ClN3. The predicted octanol–water partition coefficient (Wildman–Crippen LogP) is 1.28. The third kappa shape index (κ3) is 2.50. The molecule has 0 radical (unpaired) electrons. The Labute approximate surface area is 83.7 Å². The van der Waals surface area contributed by atoms with Crippen LogP contribution in [0.25, 0.3) is 5.57 Å². The van der Waals surface area contributed by atoms with Crippen LogP contribution in [0, 0.1) is 0 Å². The van der Waals surface area contributed by atoms with Gasteiger partial charge in [0.1, 0.15) is 0 Å². The molecule has 0 unspecified atom stereocenters. The summed E-state index contributed by atoms with van der Waals surface area (Å²) in [6.07, 6.45) is 6.83. The van der Waals surface area contributed by atoms with Crippen molar-refractivity contribution in [3.05, 3.63) is 30.4 Å². The summed E-state index contributed by atoms with van der Waals surface area (Å²) in [5.41, 5.74) is 1.21. The van der Waals surface area contributed by atoms with Gasteiger partial charge in [-0.15, -0.1) is 12.4 Å². The van der Waals surface area contributed by atoms with Gasteiger partial charge in [0.15, 0.2) is 5.82 Å². The topological polar surface area (TPSA) is 37.8 Å². The molecule has 0 saturated heterocycles. The standard InChI is InChI=1S/C9H11N3.ClH/c1-3-8(7-10-4-1)9-11-5-2-6-12-9;/h2-3,5-6,10H,1,4,7H2;1H. The molecule has 0 saturated carbocycles. The second-order valence-corrected chi connectivity index (χ2v) is 2.77. The third-order valence-corrected chi connectivity index (χ3v) is 1.88. The molecule has 2 rings (SSSR count). The Bertz CT molecular complexity index is 284. The first-order valence-electron chi connectivity index (χ1n) is 4.14. The van der Waals surface area contributed by atoms with Crippen molar-refractivity contribution < 1.29 is 0 Å². The van der Waals surface area contributed by atoms with Crippen molar-refractivity contribution in [3.63, 3.8) is 0 Å². The van der Waals surface area contributed by atoms with Crippen LogP contribution in [0.15, 0.2) is 24.5 Å². The smallest absolute Gasteiger partial charge is 0.155 e. The first kappa shape index (κ1) is 10.2. The van der Waals surface area contributed by atoms with E-state index < -0.39 is 0 Å². The highest BCUT2D eigenvalue weighted by Gasteiger charge is 2.06. The van der Waals surface area contributed by atoms with E-state index in [0.29, 0.717) is 0 Å². The summed E-state index contributed by atoms with van der Waals surface area (Å²) in [4.78, 5) is 8.37. The molecule has 2 heterocycles. The Morgan fingerprint density at radius 1 is 1.23 bits per heavy atom. The number of aromatic nitrogens is 2. The number of hydrogen-bond donors (Lipinski definition) is 1.